The van der Waals surface area contributed by atoms with Crippen LogP contribution < -0.4 is 0 Å². The first kappa shape index (κ1) is 24.9. The summed E-state index contributed by atoms with van der Waals surface area (Å²) in [6.45, 7) is 0. The van der Waals surface area contributed by atoms with E-state index in [9.17, 15) is 0 Å². The minimum absolute atomic E-state index is 0.684. The molecule has 0 aromatic heterocycles. The summed E-state index contributed by atoms with van der Waals surface area (Å²) in [5, 5.41) is 5.24. The Morgan fingerprint density at radius 2 is 0.921 bits per heavy atom. The van der Waals surface area contributed by atoms with Crippen LogP contribution in [-0.4, -0.2) is 4.93 Å². The fourth-order valence-corrected chi connectivity index (χ4v) is 6.01. The Kier molecular flexibility index (Phi) is 7.29. The van der Waals surface area contributed by atoms with Gasteiger partial charge in [0.2, 0.25) is 0 Å². The van der Waals surface area contributed by atoms with Crippen molar-refractivity contribution in [3.05, 3.63) is 133 Å². The van der Waals surface area contributed by atoms with Gasteiger partial charge >= 0.3 is 0 Å². The summed E-state index contributed by atoms with van der Waals surface area (Å²) in [6.07, 6.45) is 3.95. The van der Waals surface area contributed by atoms with Gasteiger partial charge in [-0.05, 0) is 90.2 Å². The molecule has 1 aliphatic rings. The van der Waals surface area contributed by atoms with Gasteiger partial charge in [-0.3, -0.25) is 0 Å². The van der Waals surface area contributed by atoms with E-state index in [1.54, 1.807) is 0 Å². The van der Waals surface area contributed by atoms with Gasteiger partial charge < -0.3 is 0 Å². The normalized spacial score (nSPS) is 13.1. The van der Waals surface area contributed by atoms with Gasteiger partial charge in [0, 0.05) is 0 Å². The first-order valence-electron chi connectivity index (χ1n) is 13.4. The van der Waals surface area contributed by atoms with Crippen LogP contribution >= 0.6 is 22.6 Å². The first-order valence-corrected chi connectivity index (χ1v) is 15.6. The van der Waals surface area contributed by atoms with Crippen LogP contribution in [-0.2, 0) is 0 Å². The molecular weight excluding hydrogens is 571 g/mol. The van der Waals surface area contributed by atoms with Crippen LogP contribution in [0.2, 0.25) is 0 Å². The maximum absolute atomic E-state index is 2.46. The molecule has 6 aromatic rings. The summed E-state index contributed by atoms with van der Waals surface area (Å²) in [7, 11) is 0. The molecule has 0 amide bonds. The number of benzene rings is 6. The number of halogens is 1. The number of hydrogen-bond acceptors (Lipinski definition) is 0. The highest BCUT2D eigenvalue weighted by molar-refractivity contribution is 14.1. The largest absolute Gasteiger partial charge is 0.0901 e. The lowest BCUT2D eigenvalue weighted by Crippen LogP contribution is -2.10. The highest BCUT2D eigenvalue weighted by atomic mass is 127. The lowest BCUT2D eigenvalue weighted by molar-refractivity contribution is 0.420. The minimum Gasteiger partial charge on any atom is -0.0901 e. The van der Waals surface area contributed by atoms with Crippen molar-refractivity contribution in [2.75, 3.05) is 4.93 Å². The van der Waals surface area contributed by atoms with Crippen LogP contribution in [0.3, 0.4) is 0 Å². The molecular formula is C37H31I. The van der Waals surface area contributed by atoms with Gasteiger partial charge in [0.05, 0.1) is 0 Å². The van der Waals surface area contributed by atoms with Crippen molar-refractivity contribution >= 4 is 44.1 Å². The molecule has 0 unspecified atom stereocenters. The summed E-state index contributed by atoms with van der Waals surface area (Å²) < 4.78 is 0. The van der Waals surface area contributed by atoms with Crippen molar-refractivity contribution in [2.24, 2.45) is 0 Å². The Hall–Kier alpha value is -3.43. The average Bonchev–Trinajstić information content (AvgIpc) is 2.97. The molecule has 1 aliphatic carbocycles. The van der Waals surface area contributed by atoms with Crippen molar-refractivity contribution < 1.29 is 0 Å². The van der Waals surface area contributed by atoms with Crippen LogP contribution in [0.4, 0.5) is 0 Å². The third-order valence-corrected chi connectivity index (χ3v) is 7.97. The highest BCUT2D eigenvalue weighted by Crippen LogP contribution is 2.46. The Morgan fingerprint density at radius 1 is 0.474 bits per heavy atom. The Bertz CT molecular complexity index is 1640. The summed E-state index contributed by atoms with van der Waals surface area (Å²) in [5.41, 5.74) is 9.42. The molecule has 0 heterocycles. The van der Waals surface area contributed by atoms with Crippen LogP contribution in [0.1, 0.15) is 30.7 Å². The maximum Gasteiger partial charge on any atom is -0.00262 e. The molecule has 1 fully saturated rings. The number of fused-ring (bicyclic) bond motifs is 2. The Balaban J connectivity index is 0.00000129. The van der Waals surface area contributed by atoms with Crippen LogP contribution in [0.5, 0.6) is 0 Å². The molecule has 186 valence electrons. The van der Waals surface area contributed by atoms with E-state index < -0.39 is 0 Å². The van der Waals surface area contributed by atoms with Gasteiger partial charge in [0.25, 0.3) is 0 Å². The van der Waals surface area contributed by atoms with Gasteiger partial charge in [0.1, 0.15) is 0 Å². The van der Waals surface area contributed by atoms with Crippen molar-refractivity contribution in [3.8, 4) is 33.4 Å². The van der Waals surface area contributed by atoms with Crippen LogP contribution in [0, 0.1) is 0 Å². The SMILES string of the molecule is CI.c1ccc(-c2cc(-c3c4ccccc4c(-c4ccccc4)c4ccccc34)ccc2C2CCC2)cc1. The topological polar surface area (TPSA) is 0 Å². The number of rotatable bonds is 4. The third-order valence-electron chi connectivity index (χ3n) is 7.97. The smallest absolute Gasteiger partial charge is 0.00262 e. The molecule has 0 radical (unpaired) electrons. The second kappa shape index (κ2) is 11.1. The predicted octanol–water partition coefficient (Wildman–Crippen LogP) is 11.3. The third kappa shape index (κ3) is 4.43. The van der Waals surface area contributed by atoms with Gasteiger partial charge in [-0.25, -0.2) is 0 Å². The van der Waals surface area contributed by atoms with Crippen LogP contribution in [0.15, 0.2) is 127 Å². The van der Waals surface area contributed by atoms with E-state index in [1.165, 1.54) is 79.8 Å². The highest BCUT2D eigenvalue weighted by Gasteiger charge is 2.24. The van der Waals surface area contributed by atoms with E-state index in [0.29, 0.717) is 5.92 Å². The molecule has 6 aromatic carbocycles. The second-order valence-corrected chi connectivity index (χ2v) is 10.0. The van der Waals surface area contributed by atoms with E-state index in [4.69, 9.17) is 0 Å². The zero-order valence-electron chi connectivity index (χ0n) is 21.7. The lowest BCUT2D eigenvalue weighted by Gasteiger charge is -2.29. The van der Waals surface area contributed by atoms with E-state index in [-0.39, 0.29) is 0 Å². The first-order chi connectivity index (χ1) is 18.9. The van der Waals surface area contributed by atoms with E-state index in [1.807, 2.05) is 4.93 Å². The molecule has 38 heavy (non-hydrogen) atoms. The quantitative estimate of drug-likeness (QED) is 0.107. The summed E-state index contributed by atoms with van der Waals surface area (Å²) in [4.78, 5) is 1.97. The maximum atomic E-state index is 2.46. The summed E-state index contributed by atoms with van der Waals surface area (Å²) in [5.74, 6) is 0.684. The van der Waals surface area contributed by atoms with Gasteiger partial charge in [-0.2, -0.15) is 0 Å². The summed E-state index contributed by atoms with van der Waals surface area (Å²) in [6, 6.07) is 46.9. The molecule has 0 saturated heterocycles. The predicted molar refractivity (Wildman–Crippen MR) is 174 cm³/mol. The summed E-state index contributed by atoms with van der Waals surface area (Å²) >= 11 is 2.15. The zero-order chi connectivity index (χ0) is 25.9. The monoisotopic (exact) mass is 602 g/mol. The average molecular weight is 603 g/mol. The molecule has 0 aliphatic heterocycles. The van der Waals surface area contributed by atoms with Crippen LogP contribution in [0.25, 0.3) is 54.9 Å². The molecule has 0 N–H and O–H groups in total. The van der Waals surface area contributed by atoms with Crippen molar-refractivity contribution in [1.29, 1.82) is 0 Å². The fourth-order valence-electron chi connectivity index (χ4n) is 6.01. The molecule has 0 bridgehead atoms. The lowest BCUT2D eigenvalue weighted by atomic mass is 9.76. The minimum atomic E-state index is 0.684. The van der Waals surface area contributed by atoms with Crippen molar-refractivity contribution in [2.45, 2.75) is 25.2 Å². The Morgan fingerprint density at radius 3 is 1.39 bits per heavy atom. The number of hydrogen-bond donors (Lipinski definition) is 0. The Labute approximate surface area is 239 Å². The van der Waals surface area contributed by atoms with Crippen molar-refractivity contribution in [1.82, 2.24) is 0 Å². The molecule has 0 nitrogen and oxygen atoms in total. The van der Waals surface area contributed by atoms with Gasteiger partial charge in [0.15, 0.2) is 0 Å². The van der Waals surface area contributed by atoms with E-state index in [2.05, 4.69) is 150 Å². The zero-order valence-corrected chi connectivity index (χ0v) is 23.9. The molecule has 1 saturated carbocycles. The van der Waals surface area contributed by atoms with E-state index >= 15 is 0 Å². The molecule has 1 heteroatoms. The standard InChI is InChI=1S/C36H28.CH3I/c1-3-12-26(13-4-1)34-24-28(22-23-29(34)25-16-11-17-25)36-32-20-9-7-18-30(32)35(27-14-5-2-6-15-27)31-19-8-10-21-33(31)36;1-2/h1-10,12-15,18-25H,11,16-17H2;1H3. The fraction of sp³-hybridized carbons (Fsp3) is 0.135. The van der Waals surface area contributed by atoms with E-state index in [0.717, 1.165) is 0 Å². The molecule has 7 rings (SSSR count). The van der Waals surface area contributed by atoms with Crippen molar-refractivity contribution in [3.63, 3.8) is 0 Å². The second-order valence-electron chi connectivity index (χ2n) is 10.0. The molecule has 0 spiro atoms. The van der Waals surface area contributed by atoms with Gasteiger partial charge in [-0.15, -0.1) is 0 Å². The van der Waals surface area contributed by atoms with Gasteiger partial charge in [-0.1, -0.05) is 150 Å². The molecule has 0 atom stereocenters. The number of alkyl halides is 1.